The largest absolute Gasteiger partial charge is 0.493 e. The third-order valence-electron chi connectivity index (χ3n) is 2.66. The average molecular weight is 357 g/mol. The Labute approximate surface area is 129 Å². The Hall–Kier alpha value is -2.15. The van der Waals surface area contributed by atoms with E-state index < -0.39 is 5.97 Å². The van der Waals surface area contributed by atoms with Crippen molar-refractivity contribution in [3.05, 3.63) is 40.3 Å². The SMILES string of the molecule is COc1cc(Br)cc(OC)c1OCc1ccc(C(=O)O)o1. The zero-order valence-electron chi connectivity index (χ0n) is 11.4. The third-order valence-corrected chi connectivity index (χ3v) is 3.11. The molecule has 0 fully saturated rings. The van der Waals surface area contributed by atoms with E-state index in [9.17, 15) is 4.79 Å². The summed E-state index contributed by atoms with van der Waals surface area (Å²) < 4.78 is 22.0. The number of halogens is 1. The predicted octanol–water partition coefficient (Wildman–Crippen LogP) is 3.34. The zero-order chi connectivity index (χ0) is 15.4. The van der Waals surface area contributed by atoms with Crippen molar-refractivity contribution in [3.63, 3.8) is 0 Å². The van der Waals surface area contributed by atoms with Gasteiger partial charge in [-0.2, -0.15) is 0 Å². The number of carboxylic acid groups (broad SMARTS) is 1. The molecular weight excluding hydrogens is 344 g/mol. The first-order valence-corrected chi connectivity index (χ1v) is 6.70. The Morgan fingerprint density at radius 2 is 1.86 bits per heavy atom. The van der Waals surface area contributed by atoms with Gasteiger partial charge in [0.05, 0.1) is 14.2 Å². The molecule has 1 aromatic heterocycles. The Balaban J connectivity index is 2.20. The lowest BCUT2D eigenvalue weighted by Gasteiger charge is -2.14. The van der Waals surface area contributed by atoms with Crippen LogP contribution < -0.4 is 14.2 Å². The molecule has 1 heterocycles. The van der Waals surface area contributed by atoms with Crippen LogP contribution in [0.3, 0.4) is 0 Å². The maximum atomic E-state index is 10.7. The van der Waals surface area contributed by atoms with Gasteiger partial charge in [-0.1, -0.05) is 15.9 Å². The van der Waals surface area contributed by atoms with Crippen LogP contribution in [-0.2, 0) is 6.61 Å². The molecule has 112 valence electrons. The molecule has 0 aliphatic heterocycles. The number of methoxy groups -OCH3 is 2. The normalized spacial score (nSPS) is 10.2. The summed E-state index contributed by atoms with van der Waals surface area (Å²) in [5.74, 6) is 0.525. The van der Waals surface area contributed by atoms with Crippen molar-refractivity contribution in [1.29, 1.82) is 0 Å². The smallest absolute Gasteiger partial charge is 0.371 e. The first-order chi connectivity index (χ1) is 10.0. The zero-order valence-corrected chi connectivity index (χ0v) is 13.0. The number of hydrogen-bond donors (Lipinski definition) is 1. The van der Waals surface area contributed by atoms with E-state index >= 15 is 0 Å². The molecule has 21 heavy (non-hydrogen) atoms. The van der Waals surface area contributed by atoms with Gasteiger partial charge < -0.3 is 23.7 Å². The molecule has 0 unspecified atom stereocenters. The molecule has 7 heteroatoms. The molecular formula is C14H13BrO6. The molecule has 0 spiro atoms. The van der Waals surface area contributed by atoms with E-state index in [4.69, 9.17) is 23.7 Å². The predicted molar refractivity (Wildman–Crippen MR) is 77.2 cm³/mol. The van der Waals surface area contributed by atoms with Crippen LogP contribution in [0.2, 0.25) is 0 Å². The van der Waals surface area contributed by atoms with Crippen molar-refractivity contribution in [2.24, 2.45) is 0 Å². The van der Waals surface area contributed by atoms with E-state index in [0.717, 1.165) is 4.47 Å². The maximum Gasteiger partial charge on any atom is 0.371 e. The number of rotatable bonds is 6. The van der Waals surface area contributed by atoms with Gasteiger partial charge in [0.1, 0.15) is 12.4 Å². The second-order valence-corrected chi connectivity index (χ2v) is 4.91. The van der Waals surface area contributed by atoms with Gasteiger partial charge in [0.15, 0.2) is 11.5 Å². The highest BCUT2D eigenvalue weighted by Gasteiger charge is 2.15. The average Bonchev–Trinajstić information content (AvgIpc) is 2.94. The maximum absolute atomic E-state index is 10.7. The Kier molecular flexibility index (Phi) is 4.74. The number of furan rings is 1. The lowest BCUT2D eigenvalue weighted by molar-refractivity contribution is 0.0658. The van der Waals surface area contributed by atoms with Crippen molar-refractivity contribution >= 4 is 21.9 Å². The van der Waals surface area contributed by atoms with Gasteiger partial charge >= 0.3 is 5.97 Å². The third kappa shape index (κ3) is 3.49. The van der Waals surface area contributed by atoms with Crippen LogP contribution in [-0.4, -0.2) is 25.3 Å². The number of carboxylic acids is 1. The number of aromatic carboxylic acids is 1. The number of benzene rings is 1. The summed E-state index contributed by atoms with van der Waals surface area (Å²) in [6.07, 6.45) is 0. The molecule has 1 aromatic carbocycles. The van der Waals surface area contributed by atoms with Crippen LogP contribution in [0.15, 0.2) is 33.2 Å². The lowest BCUT2D eigenvalue weighted by Crippen LogP contribution is -2.00. The topological polar surface area (TPSA) is 78.1 Å². The summed E-state index contributed by atoms with van der Waals surface area (Å²) in [6, 6.07) is 6.39. The summed E-state index contributed by atoms with van der Waals surface area (Å²) in [7, 11) is 3.03. The second kappa shape index (κ2) is 6.53. The second-order valence-electron chi connectivity index (χ2n) is 4.00. The monoisotopic (exact) mass is 356 g/mol. The van der Waals surface area contributed by atoms with Crippen molar-refractivity contribution in [2.75, 3.05) is 14.2 Å². The van der Waals surface area contributed by atoms with Gasteiger partial charge in [-0.25, -0.2) is 4.79 Å². The molecule has 0 radical (unpaired) electrons. The van der Waals surface area contributed by atoms with Crippen molar-refractivity contribution in [2.45, 2.75) is 6.61 Å². The van der Waals surface area contributed by atoms with Crippen LogP contribution in [0.4, 0.5) is 0 Å². The molecule has 0 atom stereocenters. The minimum absolute atomic E-state index is 0.0572. The summed E-state index contributed by atoms with van der Waals surface area (Å²) in [4.78, 5) is 10.7. The molecule has 0 bridgehead atoms. The lowest BCUT2D eigenvalue weighted by atomic mass is 10.3. The summed E-state index contributed by atoms with van der Waals surface area (Å²) in [5.41, 5.74) is 0. The minimum atomic E-state index is -1.12. The van der Waals surface area contributed by atoms with Gasteiger partial charge in [0.2, 0.25) is 11.5 Å². The van der Waals surface area contributed by atoms with E-state index in [2.05, 4.69) is 15.9 Å². The molecule has 0 amide bonds. The first kappa shape index (κ1) is 15.2. The van der Waals surface area contributed by atoms with Crippen molar-refractivity contribution < 1.29 is 28.5 Å². The van der Waals surface area contributed by atoms with Crippen LogP contribution in [0, 0.1) is 0 Å². The van der Waals surface area contributed by atoms with Gasteiger partial charge in [-0.05, 0) is 24.3 Å². The van der Waals surface area contributed by atoms with Gasteiger partial charge in [-0.3, -0.25) is 0 Å². The minimum Gasteiger partial charge on any atom is -0.493 e. The van der Waals surface area contributed by atoms with E-state index in [1.54, 1.807) is 18.2 Å². The molecule has 1 N–H and O–H groups in total. The van der Waals surface area contributed by atoms with Crippen molar-refractivity contribution in [3.8, 4) is 17.2 Å². The first-order valence-electron chi connectivity index (χ1n) is 5.91. The summed E-state index contributed by atoms with van der Waals surface area (Å²) in [6.45, 7) is 0.0572. The number of ether oxygens (including phenoxy) is 3. The fourth-order valence-electron chi connectivity index (χ4n) is 1.70. The van der Waals surface area contributed by atoms with Crippen molar-refractivity contribution in [1.82, 2.24) is 0 Å². The highest BCUT2D eigenvalue weighted by atomic mass is 79.9. The number of carbonyl (C=O) groups is 1. The standard InChI is InChI=1S/C14H13BrO6/c1-18-11-5-8(15)6-12(19-2)13(11)20-7-9-3-4-10(21-9)14(16)17/h3-6H,7H2,1-2H3,(H,16,17). The molecule has 0 saturated heterocycles. The highest BCUT2D eigenvalue weighted by Crippen LogP contribution is 2.40. The molecule has 0 saturated carbocycles. The van der Waals surface area contributed by atoms with Gasteiger partial charge in [0.25, 0.3) is 0 Å². The highest BCUT2D eigenvalue weighted by molar-refractivity contribution is 9.10. The van der Waals surface area contributed by atoms with E-state index in [1.807, 2.05) is 0 Å². The van der Waals surface area contributed by atoms with Gasteiger partial charge in [0, 0.05) is 4.47 Å². The Morgan fingerprint density at radius 3 is 2.33 bits per heavy atom. The Morgan fingerprint density at radius 1 is 1.24 bits per heavy atom. The van der Waals surface area contributed by atoms with E-state index in [1.165, 1.54) is 20.3 Å². The molecule has 2 rings (SSSR count). The number of hydrogen-bond acceptors (Lipinski definition) is 5. The van der Waals surface area contributed by atoms with E-state index in [-0.39, 0.29) is 12.4 Å². The summed E-state index contributed by atoms with van der Waals surface area (Å²) >= 11 is 3.34. The Bertz CT molecular complexity index is 624. The summed E-state index contributed by atoms with van der Waals surface area (Å²) in [5, 5.41) is 8.80. The fourth-order valence-corrected chi connectivity index (χ4v) is 2.12. The fraction of sp³-hybridized carbons (Fsp3) is 0.214. The van der Waals surface area contributed by atoms with Crippen LogP contribution >= 0.6 is 15.9 Å². The van der Waals surface area contributed by atoms with Crippen LogP contribution in [0.5, 0.6) is 17.2 Å². The van der Waals surface area contributed by atoms with Gasteiger partial charge in [-0.15, -0.1) is 0 Å². The molecule has 0 aliphatic carbocycles. The quantitative estimate of drug-likeness (QED) is 0.855. The van der Waals surface area contributed by atoms with Crippen LogP contribution in [0.1, 0.15) is 16.3 Å². The molecule has 0 aliphatic rings. The molecule has 6 nitrogen and oxygen atoms in total. The van der Waals surface area contributed by atoms with E-state index in [0.29, 0.717) is 23.0 Å². The van der Waals surface area contributed by atoms with Crippen LogP contribution in [0.25, 0.3) is 0 Å². The molecule has 2 aromatic rings.